The van der Waals surface area contributed by atoms with Crippen molar-refractivity contribution in [3.8, 4) is 0 Å². The lowest BCUT2D eigenvalue weighted by Gasteiger charge is -2.28. The Bertz CT molecular complexity index is 935. The van der Waals surface area contributed by atoms with Gasteiger partial charge in [0.1, 0.15) is 17.6 Å². The first kappa shape index (κ1) is 16.5. The fourth-order valence-electron chi connectivity index (χ4n) is 4.44. The van der Waals surface area contributed by atoms with E-state index in [-0.39, 0.29) is 12.5 Å². The number of aromatic amines is 1. The van der Waals surface area contributed by atoms with Gasteiger partial charge < -0.3 is 4.90 Å². The lowest BCUT2D eigenvalue weighted by Crippen LogP contribution is -2.38. The molecule has 2 aromatic heterocycles. The second-order valence-corrected chi connectivity index (χ2v) is 7.69. The van der Waals surface area contributed by atoms with E-state index < -0.39 is 0 Å². The number of amides is 1. The van der Waals surface area contributed by atoms with Crippen LogP contribution in [0.25, 0.3) is 11.0 Å². The molecule has 5 rings (SSSR count). The first-order valence-electron chi connectivity index (χ1n) is 9.91. The average Bonchev–Trinajstić information content (AvgIpc) is 3.31. The minimum absolute atomic E-state index is 0.0664. The summed E-state index contributed by atoms with van der Waals surface area (Å²) in [4.78, 5) is 16.3. The van der Waals surface area contributed by atoms with Gasteiger partial charge in [-0.3, -0.25) is 9.89 Å². The Balaban J connectivity index is 1.32. The maximum atomic E-state index is 12.9. The lowest BCUT2D eigenvalue weighted by molar-refractivity contribution is -0.133. The van der Waals surface area contributed by atoms with Crippen molar-refractivity contribution in [2.24, 2.45) is 0 Å². The second kappa shape index (κ2) is 6.79. The third-order valence-corrected chi connectivity index (χ3v) is 5.91. The molecular formula is C20H24N6O. The summed E-state index contributed by atoms with van der Waals surface area (Å²) in [5, 5.41) is 16.7. The molecule has 1 aliphatic carbocycles. The highest BCUT2D eigenvalue weighted by Gasteiger charge is 2.29. The number of hydrogen-bond donors (Lipinski definition) is 1. The molecule has 0 saturated heterocycles. The zero-order chi connectivity index (χ0) is 18.2. The number of benzene rings is 1. The number of nitrogens with one attached hydrogen (secondary N) is 1. The third kappa shape index (κ3) is 3.11. The van der Waals surface area contributed by atoms with Crippen LogP contribution in [-0.2, 0) is 24.3 Å². The Kier molecular flexibility index (Phi) is 4.14. The summed E-state index contributed by atoms with van der Waals surface area (Å²) in [7, 11) is 0. The van der Waals surface area contributed by atoms with Gasteiger partial charge in [0, 0.05) is 36.7 Å². The highest BCUT2D eigenvalue weighted by Crippen LogP contribution is 2.35. The van der Waals surface area contributed by atoms with Gasteiger partial charge in [-0.15, -0.1) is 0 Å². The molecule has 1 aliphatic heterocycles. The number of fused-ring (bicyclic) bond motifs is 2. The van der Waals surface area contributed by atoms with Crippen LogP contribution in [0, 0.1) is 0 Å². The van der Waals surface area contributed by atoms with Crippen molar-refractivity contribution in [1.82, 2.24) is 30.1 Å². The normalized spacial score (nSPS) is 18.0. The molecule has 0 spiro atoms. The molecule has 3 aromatic rings. The molecule has 0 atom stereocenters. The molecule has 0 bridgehead atoms. The molecule has 140 valence electrons. The number of carbonyl (C=O) groups is 1. The monoisotopic (exact) mass is 364 g/mol. The van der Waals surface area contributed by atoms with Gasteiger partial charge in [-0.25, -0.2) is 0 Å². The number of rotatable bonds is 3. The van der Waals surface area contributed by atoms with Crippen LogP contribution in [0.5, 0.6) is 0 Å². The molecule has 1 N–H and O–H groups in total. The smallest absolute Gasteiger partial charge is 0.246 e. The Hall–Kier alpha value is -2.70. The van der Waals surface area contributed by atoms with Crippen molar-refractivity contribution in [2.45, 2.75) is 57.5 Å². The molecule has 1 fully saturated rings. The number of hydrogen-bond acceptors (Lipinski definition) is 4. The van der Waals surface area contributed by atoms with Crippen LogP contribution in [0.2, 0.25) is 0 Å². The van der Waals surface area contributed by atoms with Gasteiger partial charge in [0.15, 0.2) is 0 Å². The first-order valence-corrected chi connectivity index (χ1v) is 9.91. The predicted molar refractivity (Wildman–Crippen MR) is 101 cm³/mol. The van der Waals surface area contributed by atoms with E-state index in [1.165, 1.54) is 53.9 Å². The number of carbonyl (C=O) groups excluding carboxylic acids is 1. The lowest BCUT2D eigenvalue weighted by atomic mass is 9.84. The van der Waals surface area contributed by atoms with Crippen molar-refractivity contribution in [3.05, 3.63) is 41.2 Å². The van der Waals surface area contributed by atoms with Crippen LogP contribution in [0.15, 0.2) is 24.3 Å². The van der Waals surface area contributed by atoms with Gasteiger partial charge in [-0.2, -0.15) is 20.1 Å². The van der Waals surface area contributed by atoms with E-state index in [9.17, 15) is 4.79 Å². The van der Waals surface area contributed by atoms with Crippen LogP contribution >= 0.6 is 0 Å². The van der Waals surface area contributed by atoms with E-state index in [1.54, 1.807) is 0 Å². The molecule has 1 amide bonds. The number of aromatic nitrogens is 5. The van der Waals surface area contributed by atoms with E-state index in [2.05, 4.69) is 20.4 Å². The highest BCUT2D eigenvalue weighted by molar-refractivity contribution is 5.77. The zero-order valence-electron chi connectivity index (χ0n) is 15.4. The van der Waals surface area contributed by atoms with E-state index in [0.29, 0.717) is 12.5 Å². The van der Waals surface area contributed by atoms with Crippen molar-refractivity contribution >= 4 is 16.9 Å². The minimum atomic E-state index is 0.0664. The largest absolute Gasteiger partial charge is 0.336 e. The van der Waals surface area contributed by atoms with Gasteiger partial charge in [0.2, 0.25) is 5.91 Å². The molecular weight excluding hydrogens is 340 g/mol. The van der Waals surface area contributed by atoms with Crippen LogP contribution < -0.4 is 0 Å². The van der Waals surface area contributed by atoms with Crippen molar-refractivity contribution in [1.29, 1.82) is 0 Å². The Morgan fingerprint density at radius 2 is 1.85 bits per heavy atom. The third-order valence-electron chi connectivity index (χ3n) is 5.91. The van der Waals surface area contributed by atoms with Gasteiger partial charge in [-0.05, 0) is 25.0 Å². The SMILES string of the molecule is O=C(Cn1nc2ccccc2n1)N1CCc2[nH]nc(C3CCCCC3)c2C1. The molecule has 2 aliphatic rings. The molecule has 7 nitrogen and oxygen atoms in total. The maximum Gasteiger partial charge on any atom is 0.246 e. The highest BCUT2D eigenvalue weighted by atomic mass is 16.2. The number of H-pyrrole nitrogens is 1. The van der Waals surface area contributed by atoms with Crippen molar-refractivity contribution in [3.63, 3.8) is 0 Å². The summed E-state index contributed by atoms with van der Waals surface area (Å²) >= 11 is 0. The molecule has 0 unspecified atom stereocenters. The van der Waals surface area contributed by atoms with Crippen LogP contribution in [-0.4, -0.2) is 42.5 Å². The fourth-order valence-corrected chi connectivity index (χ4v) is 4.44. The van der Waals surface area contributed by atoms with Gasteiger partial charge >= 0.3 is 0 Å². The Morgan fingerprint density at radius 1 is 1.11 bits per heavy atom. The Labute approximate surface area is 157 Å². The minimum Gasteiger partial charge on any atom is -0.336 e. The van der Waals surface area contributed by atoms with Gasteiger partial charge in [0.05, 0.1) is 5.69 Å². The topological polar surface area (TPSA) is 79.7 Å². The van der Waals surface area contributed by atoms with Crippen LogP contribution in [0.1, 0.15) is 55.0 Å². The van der Waals surface area contributed by atoms with E-state index >= 15 is 0 Å². The predicted octanol–water partition coefficient (Wildman–Crippen LogP) is 2.79. The molecule has 3 heterocycles. The summed E-state index contributed by atoms with van der Waals surface area (Å²) < 4.78 is 0. The second-order valence-electron chi connectivity index (χ2n) is 7.69. The van der Waals surface area contributed by atoms with Gasteiger partial charge in [0.25, 0.3) is 0 Å². The first-order chi connectivity index (χ1) is 13.3. The molecule has 1 aromatic carbocycles. The average molecular weight is 364 g/mol. The molecule has 27 heavy (non-hydrogen) atoms. The quantitative estimate of drug-likeness (QED) is 0.775. The van der Waals surface area contributed by atoms with Crippen LogP contribution in [0.4, 0.5) is 0 Å². The van der Waals surface area contributed by atoms with E-state index in [1.807, 2.05) is 29.2 Å². The maximum absolute atomic E-state index is 12.9. The summed E-state index contributed by atoms with van der Waals surface area (Å²) in [5.41, 5.74) is 5.30. The number of nitrogens with zero attached hydrogens (tertiary/aromatic N) is 5. The zero-order valence-corrected chi connectivity index (χ0v) is 15.4. The van der Waals surface area contributed by atoms with E-state index in [0.717, 1.165) is 24.0 Å². The fraction of sp³-hybridized carbons (Fsp3) is 0.500. The van der Waals surface area contributed by atoms with Crippen LogP contribution in [0.3, 0.4) is 0 Å². The summed E-state index contributed by atoms with van der Waals surface area (Å²) in [6.07, 6.45) is 7.18. The standard InChI is InChI=1S/C20H24N6O/c27-19(13-26-23-17-8-4-5-9-18(17)24-26)25-11-10-16-15(12-25)20(22-21-16)14-6-2-1-3-7-14/h4-5,8-9,14H,1-3,6-7,10-13H2,(H,21,22). The molecule has 0 radical (unpaired) electrons. The van der Waals surface area contributed by atoms with Crippen molar-refractivity contribution in [2.75, 3.05) is 6.54 Å². The van der Waals surface area contributed by atoms with Crippen molar-refractivity contribution < 1.29 is 4.79 Å². The molecule has 7 heteroatoms. The summed E-state index contributed by atoms with van der Waals surface area (Å²) in [5.74, 6) is 0.614. The van der Waals surface area contributed by atoms with E-state index in [4.69, 9.17) is 0 Å². The Morgan fingerprint density at radius 3 is 2.59 bits per heavy atom. The molecule has 1 saturated carbocycles. The summed E-state index contributed by atoms with van der Waals surface area (Å²) in [6.45, 7) is 1.55. The van der Waals surface area contributed by atoms with Gasteiger partial charge in [-0.1, -0.05) is 31.4 Å². The summed E-state index contributed by atoms with van der Waals surface area (Å²) in [6, 6.07) is 7.69.